The first kappa shape index (κ1) is 18.3. The first-order chi connectivity index (χ1) is 12.2. The van der Waals surface area contributed by atoms with E-state index in [0.717, 1.165) is 76.7 Å². The summed E-state index contributed by atoms with van der Waals surface area (Å²) in [6.07, 6.45) is 2.86. The number of carbonyl (C=O) groups excluding carboxylic acids is 1. The highest BCUT2D eigenvalue weighted by molar-refractivity contribution is 5.82. The summed E-state index contributed by atoms with van der Waals surface area (Å²) in [6, 6.07) is 0.0264. The van der Waals surface area contributed by atoms with Gasteiger partial charge in [0, 0.05) is 32.1 Å². The van der Waals surface area contributed by atoms with Gasteiger partial charge in [-0.25, -0.2) is 0 Å². The molecule has 1 fully saturated rings. The van der Waals surface area contributed by atoms with E-state index in [4.69, 9.17) is 0 Å². The van der Waals surface area contributed by atoms with Gasteiger partial charge in [-0.15, -0.1) is 10.2 Å². The third kappa shape index (κ3) is 3.72. The molecule has 1 saturated heterocycles. The summed E-state index contributed by atoms with van der Waals surface area (Å²) in [6.45, 7) is 12.7. The lowest BCUT2D eigenvalue weighted by Gasteiger charge is -2.37. The molecule has 2 aliphatic heterocycles. The Bertz CT molecular complexity index is 574. The molecule has 0 bridgehead atoms. The normalized spacial score (nSPS) is 19.9. The van der Waals surface area contributed by atoms with Gasteiger partial charge in [-0.05, 0) is 32.4 Å². The molecule has 1 aromatic heterocycles. The second-order valence-corrected chi connectivity index (χ2v) is 7.05. The average molecular weight is 348 g/mol. The number of piperidine rings is 1. The molecule has 1 aromatic rings. The second kappa shape index (κ2) is 8.27. The number of fused-ring (bicyclic) bond motifs is 1. The predicted octanol–water partition coefficient (Wildman–Crippen LogP) is 1.21. The van der Waals surface area contributed by atoms with Gasteiger partial charge in [0.1, 0.15) is 11.6 Å². The van der Waals surface area contributed by atoms with Crippen LogP contribution in [0.15, 0.2) is 0 Å². The third-order valence-corrected chi connectivity index (χ3v) is 5.75. The number of likely N-dealkylation sites (tertiary alicyclic amines) is 1. The van der Waals surface area contributed by atoms with E-state index in [1.807, 2.05) is 0 Å². The molecule has 140 valence electrons. The maximum atomic E-state index is 13.0. The quantitative estimate of drug-likeness (QED) is 0.837. The Hall–Kier alpha value is -1.47. The first-order valence-corrected chi connectivity index (χ1v) is 9.85. The first-order valence-electron chi connectivity index (χ1n) is 9.85. The molecule has 0 saturated carbocycles. The molecule has 0 radical (unpaired) electrons. The van der Waals surface area contributed by atoms with Crippen molar-refractivity contribution in [2.45, 2.75) is 65.1 Å². The Balaban J connectivity index is 1.61. The minimum atomic E-state index is 0.0264. The average Bonchev–Trinajstić information content (AvgIpc) is 3.10. The van der Waals surface area contributed by atoms with Crippen LogP contribution in [0.25, 0.3) is 0 Å². The zero-order chi connectivity index (χ0) is 17.8. The van der Waals surface area contributed by atoms with Gasteiger partial charge in [0.25, 0.3) is 0 Å². The Labute approximate surface area is 150 Å². The van der Waals surface area contributed by atoms with Crippen molar-refractivity contribution in [3.8, 4) is 0 Å². The number of hydrogen-bond donors (Lipinski definition) is 1. The standard InChI is InChI=1S/C18H32N6O/c1-4-15(22(5-2)6-3)18(25)23-10-7-14(8-11-23)17-21-20-16-13-19-9-12-24(16)17/h14-15,19H,4-13H2,1-3H3. The fourth-order valence-electron chi connectivity index (χ4n) is 4.24. The Morgan fingerprint density at radius 3 is 2.56 bits per heavy atom. The molecule has 1 unspecified atom stereocenters. The van der Waals surface area contributed by atoms with Gasteiger partial charge in [-0.1, -0.05) is 20.8 Å². The number of nitrogens with zero attached hydrogens (tertiary/aromatic N) is 5. The van der Waals surface area contributed by atoms with Gasteiger partial charge in [0.2, 0.25) is 5.91 Å². The zero-order valence-electron chi connectivity index (χ0n) is 15.9. The van der Waals surface area contributed by atoms with Gasteiger partial charge < -0.3 is 14.8 Å². The van der Waals surface area contributed by atoms with Crippen molar-refractivity contribution in [3.05, 3.63) is 11.6 Å². The fraction of sp³-hybridized carbons (Fsp3) is 0.833. The zero-order valence-corrected chi connectivity index (χ0v) is 15.9. The van der Waals surface area contributed by atoms with E-state index in [-0.39, 0.29) is 6.04 Å². The summed E-state index contributed by atoms with van der Waals surface area (Å²) >= 11 is 0. The predicted molar refractivity (Wildman–Crippen MR) is 97.3 cm³/mol. The third-order valence-electron chi connectivity index (χ3n) is 5.75. The van der Waals surface area contributed by atoms with E-state index >= 15 is 0 Å². The highest BCUT2D eigenvalue weighted by atomic mass is 16.2. The summed E-state index contributed by atoms with van der Waals surface area (Å²) in [5.41, 5.74) is 0. The van der Waals surface area contributed by atoms with Gasteiger partial charge in [-0.3, -0.25) is 9.69 Å². The van der Waals surface area contributed by atoms with E-state index in [1.165, 1.54) is 0 Å². The summed E-state index contributed by atoms with van der Waals surface area (Å²) in [4.78, 5) is 17.3. The van der Waals surface area contributed by atoms with Gasteiger partial charge in [0.05, 0.1) is 12.6 Å². The summed E-state index contributed by atoms with van der Waals surface area (Å²) in [7, 11) is 0. The minimum absolute atomic E-state index is 0.0264. The van der Waals surface area contributed by atoms with Crippen LogP contribution in [0.2, 0.25) is 0 Å². The lowest BCUT2D eigenvalue weighted by Crippen LogP contribution is -2.50. The molecular formula is C18H32N6O. The van der Waals surface area contributed by atoms with Crippen molar-refractivity contribution in [2.24, 2.45) is 0 Å². The van der Waals surface area contributed by atoms with E-state index < -0.39 is 0 Å². The number of amides is 1. The number of rotatable bonds is 6. The lowest BCUT2D eigenvalue weighted by molar-refractivity contribution is -0.138. The van der Waals surface area contributed by atoms with Crippen LogP contribution in [0.4, 0.5) is 0 Å². The summed E-state index contributed by atoms with van der Waals surface area (Å²) < 4.78 is 2.28. The highest BCUT2D eigenvalue weighted by Crippen LogP contribution is 2.28. The molecule has 0 aliphatic carbocycles. The van der Waals surface area contributed by atoms with Crippen molar-refractivity contribution in [1.29, 1.82) is 0 Å². The van der Waals surface area contributed by atoms with Crippen molar-refractivity contribution >= 4 is 5.91 Å². The molecular weight excluding hydrogens is 316 g/mol. The molecule has 3 rings (SSSR count). The molecule has 2 aliphatic rings. The molecule has 3 heterocycles. The van der Waals surface area contributed by atoms with E-state index in [0.29, 0.717) is 11.8 Å². The number of hydrogen-bond acceptors (Lipinski definition) is 5. The van der Waals surface area contributed by atoms with Crippen LogP contribution in [0, 0.1) is 0 Å². The number of likely N-dealkylation sites (N-methyl/N-ethyl adjacent to an activating group) is 1. The molecule has 1 N–H and O–H groups in total. The summed E-state index contributed by atoms with van der Waals surface area (Å²) in [5.74, 6) is 2.90. The largest absolute Gasteiger partial charge is 0.341 e. The van der Waals surface area contributed by atoms with Crippen LogP contribution in [0.3, 0.4) is 0 Å². The molecule has 0 aromatic carbocycles. The molecule has 7 heteroatoms. The Kier molecular flexibility index (Phi) is 6.06. The maximum absolute atomic E-state index is 13.0. The molecule has 25 heavy (non-hydrogen) atoms. The number of carbonyl (C=O) groups is 1. The van der Waals surface area contributed by atoms with Gasteiger partial charge >= 0.3 is 0 Å². The number of aromatic nitrogens is 3. The SMILES string of the molecule is CCC(C(=O)N1CCC(c2nnc3n2CCNC3)CC1)N(CC)CC. The molecule has 0 spiro atoms. The smallest absolute Gasteiger partial charge is 0.239 e. The van der Waals surface area contributed by atoms with E-state index in [2.05, 4.69) is 50.7 Å². The van der Waals surface area contributed by atoms with Crippen molar-refractivity contribution in [2.75, 3.05) is 32.7 Å². The highest BCUT2D eigenvalue weighted by Gasteiger charge is 2.32. The minimum Gasteiger partial charge on any atom is -0.341 e. The van der Waals surface area contributed by atoms with Crippen molar-refractivity contribution < 1.29 is 4.79 Å². The lowest BCUT2D eigenvalue weighted by atomic mass is 9.95. The maximum Gasteiger partial charge on any atom is 0.239 e. The Morgan fingerprint density at radius 1 is 1.20 bits per heavy atom. The van der Waals surface area contributed by atoms with Crippen LogP contribution in [0.5, 0.6) is 0 Å². The van der Waals surface area contributed by atoms with Crippen LogP contribution >= 0.6 is 0 Å². The second-order valence-electron chi connectivity index (χ2n) is 7.05. The number of nitrogens with one attached hydrogen (secondary N) is 1. The van der Waals surface area contributed by atoms with Crippen molar-refractivity contribution in [1.82, 2.24) is 29.9 Å². The molecule has 7 nitrogen and oxygen atoms in total. The monoisotopic (exact) mass is 348 g/mol. The Morgan fingerprint density at radius 2 is 1.92 bits per heavy atom. The molecule has 1 amide bonds. The summed E-state index contributed by atoms with van der Waals surface area (Å²) in [5, 5.41) is 12.1. The van der Waals surface area contributed by atoms with Crippen LogP contribution in [-0.4, -0.2) is 69.2 Å². The topological polar surface area (TPSA) is 66.3 Å². The van der Waals surface area contributed by atoms with E-state index in [9.17, 15) is 4.79 Å². The molecule has 1 atom stereocenters. The van der Waals surface area contributed by atoms with Crippen LogP contribution < -0.4 is 5.32 Å². The van der Waals surface area contributed by atoms with Crippen molar-refractivity contribution in [3.63, 3.8) is 0 Å². The van der Waals surface area contributed by atoms with Gasteiger partial charge in [-0.2, -0.15) is 0 Å². The van der Waals surface area contributed by atoms with Crippen LogP contribution in [0.1, 0.15) is 57.6 Å². The fourth-order valence-corrected chi connectivity index (χ4v) is 4.24. The van der Waals surface area contributed by atoms with Gasteiger partial charge in [0.15, 0.2) is 0 Å². The van der Waals surface area contributed by atoms with E-state index in [1.54, 1.807) is 0 Å². The van der Waals surface area contributed by atoms with Crippen LogP contribution in [-0.2, 0) is 17.9 Å².